The number of carbonyl (C=O) groups is 1. The van der Waals surface area contributed by atoms with Crippen LogP contribution in [0.1, 0.15) is 11.4 Å². The number of benzene rings is 1. The molecule has 0 aliphatic carbocycles. The van der Waals surface area contributed by atoms with Gasteiger partial charge in [0.25, 0.3) is 0 Å². The highest BCUT2D eigenvalue weighted by molar-refractivity contribution is 5.81. The van der Waals surface area contributed by atoms with E-state index in [0.717, 1.165) is 5.56 Å². The number of carbonyl (C=O) groups excluding carboxylic acids is 1. The van der Waals surface area contributed by atoms with Crippen molar-refractivity contribution in [2.45, 2.75) is 19.0 Å². The van der Waals surface area contributed by atoms with E-state index < -0.39 is 6.04 Å². The largest absolute Gasteiger partial charge is 0.347 e. The maximum atomic E-state index is 11.7. The van der Waals surface area contributed by atoms with Crippen LogP contribution in [0.15, 0.2) is 41.2 Å². The van der Waals surface area contributed by atoms with Crippen molar-refractivity contribution in [3.05, 3.63) is 48.1 Å². The summed E-state index contributed by atoms with van der Waals surface area (Å²) in [5.74, 6) is 0.193. The minimum atomic E-state index is -0.584. The smallest absolute Gasteiger partial charge is 0.237 e. The maximum absolute atomic E-state index is 11.7. The van der Waals surface area contributed by atoms with Gasteiger partial charge in [0.1, 0.15) is 0 Å². The van der Waals surface area contributed by atoms with Crippen molar-refractivity contribution < 1.29 is 9.32 Å². The van der Waals surface area contributed by atoms with E-state index in [9.17, 15) is 4.79 Å². The summed E-state index contributed by atoms with van der Waals surface area (Å²) >= 11 is 0. The Labute approximate surface area is 104 Å². The summed E-state index contributed by atoms with van der Waals surface area (Å²) in [6, 6.07) is 9.04. The van der Waals surface area contributed by atoms with E-state index in [0.29, 0.717) is 12.2 Å². The molecule has 0 unspecified atom stereocenters. The summed E-state index contributed by atoms with van der Waals surface area (Å²) in [7, 11) is 0. The summed E-state index contributed by atoms with van der Waals surface area (Å²) in [4.78, 5) is 15.5. The zero-order chi connectivity index (χ0) is 12.8. The van der Waals surface area contributed by atoms with Gasteiger partial charge in [0.05, 0.1) is 12.6 Å². The molecule has 3 N–H and O–H groups in total. The highest BCUT2D eigenvalue weighted by Crippen LogP contribution is 2.02. The molecule has 0 saturated heterocycles. The van der Waals surface area contributed by atoms with Crippen molar-refractivity contribution in [1.82, 2.24) is 15.5 Å². The number of nitrogens with one attached hydrogen (secondary N) is 1. The molecule has 0 spiro atoms. The van der Waals surface area contributed by atoms with Gasteiger partial charge in [0, 0.05) is 0 Å². The topological polar surface area (TPSA) is 94.0 Å². The molecule has 1 heterocycles. The molecule has 1 aromatic carbocycles. The molecule has 0 fully saturated rings. The van der Waals surface area contributed by atoms with Gasteiger partial charge in [-0.15, -0.1) is 0 Å². The fourth-order valence-corrected chi connectivity index (χ4v) is 1.53. The van der Waals surface area contributed by atoms with Crippen molar-refractivity contribution in [3.8, 4) is 0 Å². The molecule has 2 rings (SSSR count). The van der Waals surface area contributed by atoms with Crippen LogP contribution in [0.2, 0.25) is 0 Å². The van der Waals surface area contributed by atoms with Crippen molar-refractivity contribution in [3.63, 3.8) is 0 Å². The number of amides is 1. The Morgan fingerprint density at radius 1 is 1.39 bits per heavy atom. The number of rotatable bonds is 5. The third-order valence-electron chi connectivity index (χ3n) is 2.46. The molecule has 0 bridgehead atoms. The van der Waals surface area contributed by atoms with E-state index >= 15 is 0 Å². The highest BCUT2D eigenvalue weighted by atomic mass is 16.5. The maximum Gasteiger partial charge on any atom is 0.237 e. The van der Waals surface area contributed by atoms with Gasteiger partial charge in [-0.05, 0) is 12.0 Å². The van der Waals surface area contributed by atoms with Crippen LogP contribution < -0.4 is 11.1 Å². The Morgan fingerprint density at radius 3 is 2.83 bits per heavy atom. The van der Waals surface area contributed by atoms with E-state index in [1.54, 1.807) is 0 Å². The average Bonchev–Trinajstić information content (AvgIpc) is 2.90. The van der Waals surface area contributed by atoms with Gasteiger partial charge in [-0.1, -0.05) is 35.5 Å². The Bertz CT molecular complexity index is 484. The normalized spacial score (nSPS) is 12.1. The second-order valence-electron chi connectivity index (χ2n) is 3.86. The van der Waals surface area contributed by atoms with Crippen LogP contribution in [-0.4, -0.2) is 22.1 Å². The lowest BCUT2D eigenvalue weighted by Crippen LogP contribution is -2.41. The Hall–Kier alpha value is -2.21. The van der Waals surface area contributed by atoms with Crippen LogP contribution in [0, 0.1) is 0 Å². The van der Waals surface area contributed by atoms with Crippen LogP contribution in [-0.2, 0) is 17.8 Å². The lowest BCUT2D eigenvalue weighted by molar-refractivity contribution is -0.122. The summed E-state index contributed by atoms with van der Waals surface area (Å²) in [5.41, 5.74) is 6.84. The van der Waals surface area contributed by atoms with Crippen molar-refractivity contribution in [1.29, 1.82) is 0 Å². The first-order chi connectivity index (χ1) is 8.75. The fourth-order valence-electron chi connectivity index (χ4n) is 1.53. The van der Waals surface area contributed by atoms with Crippen molar-refractivity contribution in [2.75, 3.05) is 0 Å². The third-order valence-corrected chi connectivity index (χ3v) is 2.46. The molecule has 0 radical (unpaired) electrons. The summed E-state index contributed by atoms with van der Waals surface area (Å²) in [6.45, 7) is 0.220. The predicted molar refractivity (Wildman–Crippen MR) is 64.3 cm³/mol. The third kappa shape index (κ3) is 3.39. The summed E-state index contributed by atoms with van der Waals surface area (Å²) in [5, 5.41) is 6.25. The minimum absolute atomic E-state index is 0.220. The van der Waals surface area contributed by atoms with Crippen LogP contribution in [0.25, 0.3) is 0 Å². The second-order valence-corrected chi connectivity index (χ2v) is 3.86. The molecule has 1 aromatic heterocycles. The van der Waals surface area contributed by atoms with Crippen LogP contribution >= 0.6 is 0 Å². The van der Waals surface area contributed by atoms with Gasteiger partial charge in [-0.3, -0.25) is 4.79 Å². The van der Waals surface area contributed by atoms with Crippen molar-refractivity contribution in [2.24, 2.45) is 5.73 Å². The van der Waals surface area contributed by atoms with Crippen molar-refractivity contribution >= 4 is 5.91 Å². The number of hydrogen-bond donors (Lipinski definition) is 2. The molecule has 94 valence electrons. The summed E-state index contributed by atoms with van der Waals surface area (Å²) in [6.07, 6.45) is 1.71. The van der Waals surface area contributed by atoms with Crippen LogP contribution in [0.3, 0.4) is 0 Å². The number of nitrogens with zero attached hydrogens (tertiary/aromatic N) is 2. The molecule has 2 aromatic rings. The first-order valence-corrected chi connectivity index (χ1v) is 5.58. The zero-order valence-electron chi connectivity index (χ0n) is 9.74. The van der Waals surface area contributed by atoms with E-state index in [4.69, 9.17) is 5.73 Å². The molecule has 1 amide bonds. The van der Waals surface area contributed by atoms with Gasteiger partial charge >= 0.3 is 0 Å². The molecule has 0 aliphatic rings. The number of nitrogens with two attached hydrogens (primary N) is 1. The van der Waals surface area contributed by atoms with Gasteiger partial charge in [-0.2, -0.15) is 4.98 Å². The van der Waals surface area contributed by atoms with Gasteiger partial charge < -0.3 is 15.6 Å². The molecule has 1 atom stereocenters. The molecule has 6 nitrogen and oxygen atoms in total. The average molecular weight is 246 g/mol. The molecular formula is C12H14N4O2. The second kappa shape index (κ2) is 5.92. The zero-order valence-corrected chi connectivity index (χ0v) is 9.74. The SMILES string of the molecule is N[C@@H](Cc1ccccc1)C(=O)NCc1ncon1. The van der Waals surface area contributed by atoms with E-state index in [2.05, 4.69) is 20.0 Å². The van der Waals surface area contributed by atoms with E-state index in [1.807, 2.05) is 30.3 Å². The van der Waals surface area contributed by atoms with Gasteiger partial charge in [0.2, 0.25) is 12.3 Å². The molecule has 6 heteroatoms. The highest BCUT2D eigenvalue weighted by Gasteiger charge is 2.14. The molecule has 0 aliphatic heterocycles. The van der Waals surface area contributed by atoms with E-state index in [1.165, 1.54) is 6.39 Å². The molecule has 18 heavy (non-hydrogen) atoms. The first kappa shape index (κ1) is 12.3. The summed E-state index contributed by atoms with van der Waals surface area (Å²) < 4.78 is 4.56. The minimum Gasteiger partial charge on any atom is -0.347 e. The first-order valence-electron chi connectivity index (χ1n) is 5.58. The predicted octanol–water partition coefficient (Wildman–Crippen LogP) is 0.256. The lowest BCUT2D eigenvalue weighted by atomic mass is 10.1. The van der Waals surface area contributed by atoms with Gasteiger partial charge in [-0.25, -0.2) is 0 Å². The van der Waals surface area contributed by atoms with Crippen LogP contribution in [0.4, 0.5) is 0 Å². The number of hydrogen-bond acceptors (Lipinski definition) is 5. The monoisotopic (exact) mass is 246 g/mol. The Balaban J connectivity index is 1.82. The van der Waals surface area contributed by atoms with Crippen LogP contribution in [0.5, 0.6) is 0 Å². The lowest BCUT2D eigenvalue weighted by Gasteiger charge is -2.11. The molecule has 0 saturated carbocycles. The fraction of sp³-hybridized carbons (Fsp3) is 0.250. The van der Waals surface area contributed by atoms with Gasteiger partial charge in [0.15, 0.2) is 5.82 Å². The Kier molecular flexibility index (Phi) is 4.03. The number of aromatic nitrogens is 2. The molecular weight excluding hydrogens is 232 g/mol. The van der Waals surface area contributed by atoms with E-state index in [-0.39, 0.29) is 12.5 Å². The quantitative estimate of drug-likeness (QED) is 0.789. The Morgan fingerprint density at radius 2 is 2.17 bits per heavy atom. The standard InChI is InChI=1S/C12H14N4O2/c13-10(6-9-4-2-1-3-5-9)12(17)14-7-11-15-8-18-16-11/h1-5,8,10H,6-7,13H2,(H,14,17)/t10-/m0/s1.